The summed E-state index contributed by atoms with van der Waals surface area (Å²) in [6, 6.07) is 11.0. The third-order valence-corrected chi connectivity index (χ3v) is 5.82. The van der Waals surface area contributed by atoms with E-state index in [1.54, 1.807) is 0 Å². The summed E-state index contributed by atoms with van der Waals surface area (Å²) in [5, 5.41) is 27.9. The van der Waals surface area contributed by atoms with E-state index in [9.17, 15) is 41.4 Å². The van der Waals surface area contributed by atoms with Gasteiger partial charge in [0.25, 0.3) is 0 Å². The molecule has 0 aliphatic rings. The van der Waals surface area contributed by atoms with Gasteiger partial charge in [-0.1, -0.05) is 29.3 Å². The second-order valence-corrected chi connectivity index (χ2v) is 9.03. The van der Waals surface area contributed by atoms with Gasteiger partial charge < -0.3 is 10.2 Å². The van der Waals surface area contributed by atoms with Crippen LogP contribution in [0, 0.1) is 0 Å². The van der Waals surface area contributed by atoms with Crippen molar-refractivity contribution in [3.63, 3.8) is 0 Å². The lowest BCUT2D eigenvalue weighted by molar-refractivity contribution is -0.209. The maximum atomic E-state index is 13.3. The predicted octanol–water partition coefficient (Wildman–Crippen LogP) is 4.17. The molecule has 0 spiro atoms. The summed E-state index contributed by atoms with van der Waals surface area (Å²) in [4.78, 5) is 16.8. The van der Waals surface area contributed by atoms with Gasteiger partial charge in [-0.15, -0.1) is 10.2 Å². The van der Waals surface area contributed by atoms with Crippen LogP contribution in [0.1, 0.15) is 17.8 Å². The molecule has 2 N–H and O–H groups in total. The van der Waals surface area contributed by atoms with Gasteiger partial charge >= 0.3 is 18.0 Å². The summed E-state index contributed by atoms with van der Waals surface area (Å²) >= 11 is 11.8. The maximum Gasteiger partial charge on any atom is 0.421 e. The molecular formula is C22H16Cl2F6N6O3. The van der Waals surface area contributed by atoms with Gasteiger partial charge in [0.2, 0.25) is 6.10 Å². The second-order valence-electron chi connectivity index (χ2n) is 8.16. The van der Waals surface area contributed by atoms with Crippen LogP contribution in [0.5, 0.6) is 0 Å². The van der Waals surface area contributed by atoms with Gasteiger partial charge in [-0.05, 0) is 42.5 Å². The largest absolute Gasteiger partial charge is 0.421 e. The van der Waals surface area contributed by atoms with Gasteiger partial charge in [-0.2, -0.15) is 26.3 Å². The summed E-state index contributed by atoms with van der Waals surface area (Å²) in [6.45, 7) is -1.91. The number of hydrogen-bond donors (Lipinski definition) is 2. The molecule has 2 aromatic carbocycles. The molecule has 0 fully saturated rings. The zero-order valence-corrected chi connectivity index (χ0v) is 20.7. The Labute approximate surface area is 224 Å². The monoisotopic (exact) mass is 596 g/mol. The first-order chi connectivity index (χ1) is 18.1. The SMILES string of the molecule is O=c1n(Cc2nc(C(O)C(F)(F)F)n(-c3cccc(Cl)c3)n2)nc(-c2ccc(Cl)cc2)n1CC(O)C(F)(F)F. The molecule has 2 aromatic heterocycles. The van der Waals surface area contributed by atoms with Crippen LogP contribution in [-0.2, 0) is 13.1 Å². The van der Waals surface area contributed by atoms with Gasteiger partial charge in [-0.25, -0.2) is 19.1 Å². The van der Waals surface area contributed by atoms with Crippen molar-refractivity contribution in [1.82, 2.24) is 29.1 Å². The van der Waals surface area contributed by atoms with Gasteiger partial charge in [0.15, 0.2) is 23.6 Å². The summed E-state index contributed by atoms with van der Waals surface area (Å²) in [6.07, 6.45) is -16.2. The Morgan fingerprint density at radius 2 is 1.56 bits per heavy atom. The fourth-order valence-electron chi connectivity index (χ4n) is 3.49. The van der Waals surface area contributed by atoms with Crippen molar-refractivity contribution < 1.29 is 36.6 Å². The average molecular weight is 597 g/mol. The van der Waals surface area contributed by atoms with E-state index >= 15 is 0 Å². The van der Waals surface area contributed by atoms with Crippen LogP contribution < -0.4 is 5.69 Å². The first kappa shape index (κ1) is 28.6. The van der Waals surface area contributed by atoms with E-state index in [4.69, 9.17) is 23.2 Å². The summed E-state index contributed by atoms with van der Waals surface area (Å²) < 4.78 is 81.1. The van der Waals surface area contributed by atoms with E-state index in [2.05, 4.69) is 15.2 Å². The minimum Gasteiger partial charge on any atom is -0.382 e. The van der Waals surface area contributed by atoms with E-state index in [1.165, 1.54) is 48.5 Å². The smallest absolute Gasteiger partial charge is 0.382 e. The third kappa shape index (κ3) is 6.27. The maximum absolute atomic E-state index is 13.3. The highest BCUT2D eigenvalue weighted by atomic mass is 35.5. The Morgan fingerprint density at radius 1 is 0.897 bits per heavy atom. The van der Waals surface area contributed by atoms with Crippen LogP contribution in [-0.4, -0.2) is 57.8 Å². The molecule has 39 heavy (non-hydrogen) atoms. The number of aliphatic hydroxyl groups excluding tert-OH is 2. The Hall–Kier alpha value is -3.40. The van der Waals surface area contributed by atoms with E-state index in [0.29, 0.717) is 13.9 Å². The molecule has 4 aromatic rings. The summed E-state index contributed by atoms with van der Waals surface area (Å²) in [7, 11) is 0. The highest BCUT2D eigenvalue weighted by molar-refractivity contribution is 6.31. The topological polar surface area (TPSA) is 111 Å². The zero-order chi connectivity index (χ0) is 28.7. The Morgan fingerprint density at radius 3 is 2.15 bits per heavy atom. The first-order valence-corrected chi connectivity index (χ1v) is 11.6. The highest BCUT2D eigenvalue weighted by Crippen LogP contribution is 2.33. The van der Waals surface area contributed by atoms with E-state index in [-0.39, 0.29) is 27.1 Å². The Balaban J connectivity index is 1.80. The van der Waals surface area contributed by atoms with E-state index < -0.39 is 55.0 Å². The van der Waals surface area contributed by atoms with Gasteiger partial charge in [0.05, 0.1) is 12.2 Å². The zero-order valence-electron chi connectivity index (χ0n) is 19.2. The third-order valence-electron chi connectivity index (χ3n) is 5.33. The number of aromatic nitrogens is 6. The van der Waals surface area contributed by atoms with E-state index in [0.717, 1.165) is 0 Å². The van der Waals surface area contributed by atoms with Crippen LogP contribution in [0.3, 0.4) is 0 Å². The van der Waals surface area contributed by atoms with E-state index in [1.807, 2.05) is 0 Å². The van der Waals surface area contributed by atoms with Gasteiger partial charge in [0, 0.05) is 15.6 Å². The highest BCUT2D eigenvalue weighted by Gasteiger charge is 2.43. The number of alkyl halides is 6. The van der Waals surface area contributed by atoms with Crippen molar-refractivity contribution in [2.75, 3.05) is 0 Å². The fraction of sp³-hybridized carbons (Fsp3) is 0.273. The number of rotatable bonds is 7. The van der Waals surface area contributed by atoms with Crippen molar-refractivity contribution >= 4 is 23.2 Å². The number of halogens is 8. The minimum absolute atomic E-state index is 0.00702. The number of nitrogens with zero attached hydrogens (tertiary/aromatic N) is 6. The lowest BCUT2D eigenvalue weighted by Gasteiger charge is -2.15. The molecule has 0 amide bonds. The molecule has 0 saturated heterocycles. The molecule has 0 radical (unpaired) electrons. The normalized spacial score (nSPS) is 14.0. The lowest BCUT2D eigenvalue weighted by Crippen LogP contribution is -2.37. The average Bonchev–Trinajstić information content (AvgIpc) is 3.40. The standard InChI is InChI=1S/C22H16Cl2F6N6O3/c23-12-6-4-11(5-7-12)18-33-35(20(39)34(18)9-15(37)21(25,26)27)10-16-31-19(17(38)22(28,29)30)36(32-16)14-3-1-2-13(24)8-14/h1-8,15,17,37-38H,9-10H2. The molecule has 208 valence electrons. The molecule has 0 aliphatic carbocycles. The molecule has 4 rings (SSSR count). The van der Waals surface area contributed by atoms with Crippen molar-refractivity contribution in [3.05, 3.63) is 80.7 Å². The molecule has 17 heteroatoms. The fourth-order valence-corrected chi connectivity index (χ4v) is 3.80. The summed E-state index contributed by atoms with van der Waals surface area (Å²) in [5.41, 5.74) is -0.969. The van der Waals surface area contributed by atoms with Crippen molar-refractivity contribution in [1.29, 1.82) is 0 Å². The Kier molecular flexibility index (Phi) is 7.80. The number of benzene rings is 2. The summed E-state index contributed by atoms with van der Waals surface area (Å²) in [5.74, 6) is -1.67. The molecule has 2 atom stereocenters. The van der Waals surface area contributed by atoms with Gasteiger partial charge in [-0.3, -0.25) is 4.57 Å². The minimum atomic E-state index is -5.13. The van der Waals surface area contributed by atoms with Crippen molar-refractivity contribution in [2.24, 2.45) is 0 Å². The molecule has 0 aliphatic heterocycles. The van der Waals surface area contributed by atoms with Crippen molar-refractivity contribution in [2.45, 2.75) is 37.7 Å². The number of hydrogen-bond acceptors (Lipinski definition) is 6. The van der Waals surface area contributed by atoms with Gasteiger partial charge in [0.1, 0.15) is 6.54 Å². The molecule has 0 bridgehead atoms. The molecule has 2 unspecified atom stereocenters. The molecule has 2 heterocycles. The van der Waals surface area contributed by atoms with Crippen LogP contribution in [0.15, 0.2) is 53.3 Å². The van der Waals surface area contributed by atoms with Crippen LogP contribution in [0.2, 0.25) is 10.0 Å². The second kappa shape index (κ2) is 10.6. The quantitative estimate of drug-likeness (QED) is 0.310. The Bertz CT molecular complexity index is 1530. The number of aliphatic hydroxyl groups is 2. The lowest BCUT2D eigenvalue weighted by atomic mass is 10.2. The molecule has 9 nitrogen and oxygen atoms in total. The van der Waals surface area contributed by atoms with Crippen LogP contribution in [0.4, 0.5) is 26.3 Å². The molecule has 0 saturated carbocycles. The molecular weight excluding hydrogens is 581 g/mol. The van der Waals surface area contributed by atoms with Crippen LogP contribution in [0.25, 0.3) is 17.1 Å². The predicted molar refractivity (Wildman–Crippen MR) is 125 cm³/mol. The van der Waals surface area contributed by atoms with Crippen LogP contribution >= 0.6 is 23.2 Å². The first-order valence-electron chi connectivity index (χ1n) is 10.8. The van der Waals surface area contributed by atoms with Crippen molar-refractivity contribution in [3.8, 4) is 17.1 Å².